The lowest BCUT2D eigenvalue weighted by Crippen LogP contribution is -2.25. The normalized spacial score (nSPS) is 10.3. The van der Waals surface area contributed by atoms with Crippen molar-refractivity contribution >= 4 is 5.91 Å². The Balaban J connectivity index is 1.80. The van der Waals surface area contributed by atoms with Crippen LogP contribution in [0.1, 0.15) is 28.7 Å². The second kappa shape index (κ2) is 7.40. The van der Waals surface area contributed by atoms with Gasteiger partial charge in [-0.2, -0.15) is 0 Å². The first-order valence-corrected chi connectivity index (χ1v) is 6.65. The van der Waals surface area contributed by atoms with Gasteiger partial charge in [-0.3, -0.25) is 4.79 Å². The third kappa shape index (κ3) is 4.89. The van der Waals surface area contributed by atoms with Crippen molar-refractivity contribution in [1.29, 1.82) is 0 Å². The van der Waals surface area contributed by atoms with Gasteiger partial charge < -0.3 is 14.6 Å². The predicted molar refractivity (Wildman–Crippen MR) is 78.6 cm³/mol. The van der Waals surface area contributed by atoms with Crippen LogP contribution in [0.3, 0.4) is 0 Å². The second-order valence-electron chi connectivity index (χ2n) is 4.80. The van der Waals surface area contributed by atoms with E-state index in [0.717, 1.165) is 11.1 Å². The predicted octanol–water partition coefficient (Wildman–Crippen LogP) is 2.70. The monoisotopic (exact) mass is 286 g/mol. The molecule has 0 saturated carbocycles. The molecule has 21 heavy (non-hydrogen) atoms. The summed E-state index contributed by atoms with van der Waals surface area (Å²) in [7, 11) is 0. The minimum atomic E-state index is -0.281. The van der Waals surface area contributed by atoms with Gasteiger partial charge in [-0.05, 0) is 12.5 Å². The van der Waals surface area contributed by atoms with Crippen molar-refractivity contribution in [2.75, 3.05) is 6.54 Å². The van der Waals surface area contributed by atoms with Crippen LogP contribution in [0.5, 0.6) is 0 Å². The number of carbonyl (C=O) groups excluding carboxylic acids is 1. The van der Waals surface area contributed by atoms with E-state index in [-0.39, 0.29) is 18.2 Å². The Morgan fingerprint density at radius 3 is 2.81 bits per heavy atom. The highest BCUT2D eigenvalue weighted by molar-refractivity contribution is 5.92. The van der Waals surface area contributed by atoms with Crippen molar-refractivity contribution < 1.29 is 14.1 Å². The van der Waals surface area contributed by atoms with Crippen molar-refractivity contribution in [1.82, 2.24) is 10.5 Å². The van der Waals surface area contributed by atoms with E-state index in [1.807, 2.05) is 37.3 Å². The molecule has 0 radical (unpaired) electrons. The van der Waals surface area contributed by atoms with E-state index in [4.69, 9.17) is 9.26 Å². The van der Waals surface area contributed by atoms with Crippen LogP contribution in [0.2, 0.25) is 0 Å². The quantitative estimate of drug-likeness (QED) is 0.795. The summed E-state index contributed by atoms with van der Waals surface area (Å²) in [5, 5.41) is 6.41. The zero-order valence-corrected chi connectivity index (χ0v) is 12.0. The summed E-state index contributed by atoms with van der Waals surface area (Å²) in [5.41, 5.74) is 2.20. The minimum Gasteiger partial charge on any atom is -0.369 e. The number of carbonyl (C=O) groups is 1. The standard InChI is InChI=1S/C16H18N2O3/c1-12(2)9-17-16(19)15-8-14(21-18-15)11-20-10-13-6-4-3-5-7-13/h3-8H,1,9-11H2,2H3,(H,17,19). The Morgan fingerprint density at radius 2 is 2.10 bits per heavy atom. The smallest absolute Gasteiger partial charge is 0.273 e. The first-order valence-electron chi connectivity index (χ1n) is 6.65. The topological polar surface area (TPSA) is 64.4 Å². The van der Waals surface area contributed by atoms with Gasteiger partial charge in [0.05, 0.1) is 6.61 Å². The van der Waals surface area contributed by atoms with Gasteiger partial charge in [-0.1, -0.05) is 47.6 Å². The van der Waals surface area contributed by atoms with E-state index in [9.17, 15) is 4.79 Å². The summed E-state index contributed by atoms with van der Waals surface area (Å²) in [6, 6.07) is 11.4. The first-order chi connectivity index (χ1) is 10.1. The van der Waals surface area contributed by atoms with Crippen LogP contribution >= 0.6 is 0 Å². The van der Waals surface area contributed by atoms with E-state index in [0.29, 0.717) is 18.9 Å². The average Bonchev–Trinajstić information content (AvgIpc) is 2.95. The molecule has 0 aliphatic rings. The Hall–Kier alpha value is -2.40. The van der Waals surface area contributed by atoms with Gasteiger partial charge in [0.15, 0.2) is 11.5 Å². The van der Waals surface area contributed by atoms with Crippen molar-refractivity contribution in [3.63, 3.8) is 0 Å². The molecule has 5 heteroatoms. The van der Waals surface area contributed by atoms with E-state index in [2.05, 4.69) is 17.1 Å². The molecule has 5 nitrogen and oxygen atoms in total. The van der Waals surface area contributed by atoms with E-state index < -0.39 is 0 Å². The molecule has 1 aromatic carbocycles. The number of hydrogen-bond donors (Lipinski definition) is 1. The Morgan fingerprint density at radius 1 is 1.33 bits per heavy atom. The van der Waals surface area contributed by atoms with Crippen molar-refractivity contribution in [2.45, 2.75) is 20.1 Å². The molecule has 1 amide bonds. The molecule has 2 rings (SSSR count). The minimum absolute atomic E-state index is 0.245. The fourth-order valence-corrected chi connectivity index (χ4v) is 1.65. The molecule has 1 aromatic heterocycles. The summed E-state index contributed by atoms with van der Waals surface area (Å²) >= 11 is 0. The zero-order chi connectivity index (χ0) is 15.1. The fourth-order valence-electron chi connectivity index (χ4n) is 1.65. The lowest BCUT2D eigenvalue weighted by Gasteiger charge is -2.01. The molecule has 0 bridgehead atoms. The first kappa shape index (κ1) is 15.0. The fraction of sp³-hybridized carbons (Fsp3) is 0.250. The maximum atomic E-state index is 11.7. The van der Waals surface area contributed by atoms with Gasteiger partial charge >= 0.3 is 0 Å². The Labute approximate surface area is 123 Å². The highest BCUT2D eigenvalue weighted by Crippen LogP contribution is 2.08. The molecule has 1 N–H and O–H groups in total. The number of rotatable bonds is 7. The van der Waals surface area contributed by atoms with Crippen LogP contribution in [0.15, 0.2) is 53.1 Å². The lowest BCUT2D eigenvalue weighted by molar-refractivity contribution is 0.0878. The maximum Gasteiger partial charge on any atom is 0.273 e. The molecule has 0 aliphatic heterocycles. The van der Waals surface area contributed by atoms with Crippen LogP contribution in [0.4, 0.5) is 0 Å². The summed E-state index contributed by atoms with van der Waals surface area (Å²) in [6.07, 6.45) is 0. The van der Waals surface area contributed by atoms with Crippen LogP contribution in [0, 0.1) is 0 Å². The number of nitrogens with one attached hydrogen (secondary N) is 1. The molecular weight excluding hydrogens is 268 g/mol. The molecule has 0 saturated heterocycles. The van der Waals surface area contributed by atoms with E-state index >= 15 is 0 Å². The number of aromatic nitrogens is 1. The van der Waals surface area contributed by atoms with Crippen molar-refractivity contribution in [3.8, 4) is 0 Å². The lowest BCUT2D eigenvalue weighted by atomic mass is 10.2. The van der Waals surface area contributed by atoms with Crippen molar-refractivity contribution in [2.24, 2.45) is 0 Å². The van der Waals surface area contributed by atoms with Crippen molar-refractivity contribution in [3.05, 3.63) is 65.6 Å². The molecule has 0 atom stereocenters. The molecular formula is C16H18N2O3. The molecule has 2 aromatic rings. The third-order valence-corrected chi connectivity index (χ3v) is 2.70. The highest BCUT2D eigenvalue weighted by atomic mass is 16.5. The average molecular weight is 286 g/mol. The van der Waals surface area contributed by atoms with Gasteiger partial charge in [0.2, 0.25) is 0 Å². The van der Waals surface area contributed by atoms with Crippen LogP contribution in [-0.2, 0) is 18.0 Å². The number of benzene rings is 1. The van der Waals surface area contributed by atoms with Gasteiger partial charge in [0.1, 0.15) is 6.61 Å². The number of amides is 1. The molecule has 0 fully saturated rings. The van der Waals surface area contributed by atoms with Gasteiger partial charge in [-0.25, -0.2) is 0 Å². The van der Waals surface area contributed by atoms with Gasteiger partial charge in [0, 0.05) is 12.6 Å². The SMILES string of the molecule is C=C(C)CNC(=O)c1cc(COCc2ccccc2)on1. The summed E-state index contributed by atoms with van der Waals surface area (Å²) in [5.74, 6) is 0.238. The molecule has 1 heterocycles. The number of ether oxygens (including phenoxy) is 1. The summed E-state index contributed by atoms with van der Waals surface area (Å²) in [4.78, 5) is 11.7. The van der Waals surface area contributed by atoms with E-state index in [1.54, 1.807) is 6.07 Å². The Bertz CT molecular complexity index is 605. The van der Waals surface area contributed by atoms with E-state index in [1.165, 1.54) is 0 Å². The summed E-state index contributed by atoms with van der Waals surface area (Å²) in [6.45, 7) is 6.74. The summed E-state index contributed by atoms with van der Waals surface area (Å²) < 4.78 is 10.6. The number of hydrogen-bond acceptors (Lipinski definition) is 4. The van der Waals surface area contributed by atoms with Crippen LogP contribution in [-0.4, -0.2) is 17.6 Å². The third-order valence-electron chi connectivity index (χ3n) is 2.70. The van der Waals surface area contributed by atoms with Crippen LogP contribution < -0.4 is 5.32 Å². The van der Waals surface area contributed by atoms with Crippen LogP contribution in [0.25, 0.3) is 0 Å². The number of nitrogens with zero attached hydrogens (tertiary/aromatic N) is 1. The van der Waals surface area contributed by atoms with Gasteiger partial charge in [-0.15, -0.1) is 0 Å². The maximum absolute atomic E-state index is 11.7. The molecule has 0 aliphatic carbocycles. The highest BCUT2D eigenvalue weighted by Gasteiger charge is 2.12. The molecule has 0 unspecified atom stereocenters. The molecule has 0 spiro atoms. The van der Waals surface area contributed by atoms with Gasteiger partial charge in [0.25, 0.3) is 5.91 Å². The largest absolute Gasteiger partial charge is 0.369 e. The zero-order valence-electron chi connectivity index (χ0n) is 12.0. The Kier molecular flexibility index (Phi) is 5.29. The second-order valence-corrected chi connectivity index (χ2v) is 4.80. The molecule has 110 valence electrons.